The molecule has 1 amide bonds. The lowest BCUT2D eigenvalue weighted by Gasteiger charge is -2.04. The van der Waals surface area contributed by atoms with Gasteiger partial charge in [-0.2, -0.15) is 5.26 Å². The Morgan fingerprint density at radius 1 is 1.22 bits per heavy atom. The number of rotatable bonds is 2. The van der Waals surface area contributed by atoms with Crippen LogP contribution in [-0.4, -0.2) is 15.9 Å². The molecule has 18 heavy (non-hydrogen) atoms. The predicted octanol–water partition coefficient (Wildman–Crippen LogP) is 1.91. The Labute approximate surface area is 104 Å². The van der Waals surface area contributed by atoms with E-state index in [0.717, 1.165) is 5.69 Å². The van der Waals surface area contributed by atoms with Crippen LogP contribution in [-0.2, 0) is 0 Å². The van der Waals surface area contributed by atoms with E-state index in [0.29, 0.717) is 11.3 Å². The van der Waals surface area contributed by atoms with Gasteiger partial charge in [0.1, 0.15) is 11.8 Å². The van der Waals surface area contributed by atoms with Crippen LogP contribution in [0.5, 0.6) is 0 Å². The van der Waals surface area contributed by atoms with Crippen LogP contribution in [0.3, 0.4) is 0 Å². The molecule has 0 fully saturated rings. The van der Waals surface area contributed by atoms with Crippen molar-refractivity contribution in [1.29, 1.82) is 5.26 Å². The van der Waals surface area contributed by atoms with Crippen LogP contribution in [0.2, 0.25) is 0 Å². The Morgan fingerprint density at radius 2 is 2.06 bits per heavy atom. The van der Waals surface area contributed by atoms with E-state index in [1.54, 1.807) is 18.3 Å². The monoisotopic (exact) mass is 238 g/mol. The summed E-state index contributed by atoms with van der Waals surface area (Å²) in [5.41, 5.74) is 2.17. The highest BCUT2D eigenvalue weighted by Gasteiger charge is 2.07. The molecule has 0 aliphatic carbocycles. The van der Waals surface area contributed by atoms with E-state index in [9.17, 15) is 4.79 Å². The van der Waals surface area contributed by atoms with Crippen molar-refractivity contribution in [2.45, 2.75) is 6.92 Å². The van der Waals surface area contributed by atoms with Gasteiger partial charge in [-0.3, -0.25) is 9.78 Å². The fourth-order valence-corrected chi connectivity index (χ4v) is 1.33. The number of carbonyl (C=O) groups is 1. The van der Waals surface area contributed by atoms with Crippen LogP contribution in [0.25, 0.3) is 0 Å². The number of nitriles is 1. The molecule has 2 aromatic heterocycles. The minimum Gasteiger partial charge on any atom is -0.319 e. The smallest absolute Gasteiger partial charge is 0.274 e. The zero-order valence-corrected chi connectivity index (χ0v) is 9.71. The molecular weight excluding hydrogens is 228 g/mol. The van der Waals surface area contributed by atoms with E-state index < -0.39 is 0 Å². The van der Waals surface area contributed by atoms with Gasteiger partial charge in [-0.05, 0) is 31.2 Å². The summed E-state index contributed by atoms with van der Waals surface area (Å²) in [5.74, 6) is -0.329. The molecule has 0 aliphatic rings. The minimum absolute atomic E-state index is 0.259. The van der Waals surface area contributed by atoms with Crippen molar-refractivity contribution < 1.29 is 4.79 Å². The summed E-state index contributed by atoms with van der Waals surface area (Å²) in [7, 11) is 0. The first kappa shape index (κ1) is 11.7. The minimum atomic E-state index is -0.329. The first-order valence-corrected chi connectivity index (χ1v) is 5.29. The van der Waals surface area contributed by atoms with Gasteiger partial charge >= 0.3 is 0 Å². The van der Waals surface area contributed by atoms with Crippen molar-refractivity contribution in [3.63, 3.8) is 0 Å². The molecule has 5 heteroatoms. The van der Waals surface area contributed by atoms with E-state index in [-0.39, 0.29) is 11.6 Å². The average molecular weight is 238 g/mol. The number of pyridine rings is 2. The number of amides is 1. The van der Waals surface area contributed by atoms with Gasteiger partial charge in [-0.1, -0.05) is 0 Å². The Kier molecular flexibility index (Phi) is 3.30. The van der Waals surface area contributed by atoms with Crippen LogP contribution >= 0.6 is 0 Å². The van der Waals surface area contributed by atoms with Crippen molar-refractivity contribution >= 4 is 11.6 Å². The SMILES string of the molecule is Cc1ccc(NC(=O)c2ccc(C#N)cn2)cn1. The maximum Gasteiger partial charge on any atom is 0.274 e. The molecule has 0 saturated carbocycles. The number of nitrogens with zero attached hydrogens (tertiary/aromatic N) is 3. The molecule has 2 rings (SSSR count). The van der Waals surface area contributed by atoms with Crippen molar-refractivity contribution in [3.05, 3.63) is 53.6 Å². The Balaban J connectivity index is 2.12. The highest BCUT2D eigenvalue weighted by Crippen LogP contribution is 2.07. The van der Waals surface area contributed by atoms with E-state index >= 15 is 0 Å². The second-order valence-electron chi connectivity index (χ2n) is 3.69. The molecule has 0 unspecified atom stereocenters. The van der Waals surface area contributed by atoms with Gasteiger partial charge in [-0.15, -0.1) is 0 Å². The summed E-state index contributed by atoms with van der Waals surface area (Å²) in [6, 6.07) is 8.58. The number of anilines is 1. The predicted molar refractivity (Wildman–Crippen MR) is 65.9 cm³/mol. The molecule has 0 saturated heterocycles. The second kappa shape index (κ2) is 5.06. The Hall–Kier alpha value is -2.74. The van der Waals surface area contributed by atoms with Crippen molar-refractivity contribution in [2.75, 3.05) is 5.32 Å². The van der Waals surface area contributed by atoms with Gasteiger partial charge < -0.3 is 5.32 Å². The van der Waals surface area contributed by atoms with Crippen LogP contribution < -0.4 is 5.32 Å². The van der Waals surface area contributed by atoms with E-state index in [1.807, 2.05) is 19.1 Å². The molecular formula is C13H10N4O. The molecule has 2 aromatic rings. The number of hydrogen-bond donors (Lipinski definition) is 1. The van der Waals surface area contributed by atoms with Gasteiger partial charge in [0, 0.05) is 11.9 Å². The number of aromatic nitrogens is 2. The maximum atomic E-state index is 11.8. The zero-order chi connectivity index (χ0) is 13.0. The summed E-state index contributed by atoms with van der Waals surface area (Å²) < 4.78 is 0. The summed E-state index contributed by atoms with van der Waals surface area (Å²) in [5, 5.41) is 11.3. The molecule has 0 aromatic carbocycles. The standard InChI is InChI=1S/C13H10N4O/c1-9-2-4-11(8-15-9)17-13(18)12-5-3-10(6-14)7-16-12/h2-5,7-8H,1H3,(H,17,18). The molecule has 2 heterocycles. The molecule has 0 aliphatic heterocycles. The normalized spacial score (nSPS) is 9.56. The van der Waals surface area contributed by atoms with Crippen LogP contribution in [0.4, 0.5) is 5.69 Å². The van der Waals surface area contributed by atoms with Crippen molar-refractivity contribution in [1.82, 2.24) is 9.97 Å². The lowest BCUT2D eigenvalue weighted by atomic mass is 10.2. The van der Waals surface area contributed by atoms with Gasteiger partial charge in [0.2, 0.25) is 0 Å². The first-order valence-electron chi connectivity index (χ1n) is 5.29. The van der Waals surface area contributed by atoms with Crippen LogP contribution in [0.15, 0.2) is 36.7 Å². The quantitative estimate of drug-likeness (QED) is 0.866. The van der Waals surface area contributed by atoms with Crippen molar-refractivity contribution in [2.24, 2.45) is 0 Å². The highest BCUT2D eigenvalue weighted by atomic mass is 16.1. The third-order valence-corrected chi connectivity index (χ3v) is 2.29. The van der Waals surface area contributed by atoms with Gasteiger partial charge in [0.25, 0.3) is 5.91 Å². The Morgan fingerprint density at radius 3 is 2.61 bits per heavy atom. The van der Waals surface area contributed by atoms with E-state index in [4.69, 9.17) is 5.26 Å². The molecule has 0 spiro atoms. The first-order chi connectivity index (χ1) is 8.69. The molecule has 1 N–H and O–H groups in total. The highest BCUT2D eigenvalue weighted by molar-refractivity contribution is 6.02. The number of nitrogens with one attached hydrogen (secondary N) is 1. The van der Waals surface area contributed by atoms with E-state index in [1.165, 1.54) is 12.3 Å². The molecule has 88 valence electrons. The second-order valence-corrected chi connectivity index (χ2v) is 3.69. The third-order valence-electron chi connectivity index (χ3n) is 2.29. The van der Waals surface area contributed by atoms with Crippen LogP contribution in [0, 0.1) is 18.3 Å². The summed E-state index contributed by atoms with van der Waals surface area (Å²) in [6.45, 7) is 1.87. The fourth-order valence-electron chi connectivity index (χ4n) is 1.33. The molecule has 0 atom stereocenters. The average Bonchev–Trinajstić information content (AvgIpc) is 2.41. The summed E-state index contributed by atoms with van der Waals surface area (Å²) >= 11 is 0. The number of hydrogen-bond acceptors (Lipinski definition) is 4. The molecule has 5 nitrogen and oxygen atoms in total. The van der Waals surface area contributed by atoms with Crippen molar-refractivity contribution in [3.8, 4) is 6.07 Å². The summed E-state index contributed by atoms with van der Waals surface area (Å²) in [4.78, 5) is 19.8. The molecule has 0 bridgehead atoms. The van der Waals surface area contributed by atoms with E-state index in [2.05, 4.69) is 15.3 Å². The topological polar surface area (TPSA) is 78.7 Å². The van der Waals surface area contributed by atoms with Gasteiger partial charge in [-0.25, -0.2) is 4.98 Å². The summed E-state index contributed by atoms with van der Waals surface area (Å²) in [6.07, 6.45) is 2.94. The zero-order valence-electron chi connectivity index (χ0n) is 9.71. The largest absolute Gasteiger partial charge is 0.319 e. The fraction of sp³-hybridized carbons (Fsp3) is 0.0769. The number of aryl methyl sites for hydroxylation is 1. The molecule has 0 radical (unpaired) electrons. The third kappa shape index (κ3) is 2.68. The Bertz CT molecular complexity index is 596. The lowest BCUT2D eigenvalue weighted by Crippen LogP contribution is -2.13. The lowest BCUT2D eigenvalue weighted by molar-refractivity contribution is 0.102. The number of carbonyl (C=O) groups excluding carboxylic acids is 1. The maximum absolute atomic E-state index is 11.8. The van der Waals surface area contributed by atoms with Gasteiger partial charge in [0.05, 0.1) is 17.4 Å². The van der Waals surface area contributed by atoms with Crippen LogP contribution in [0.1, 0.15) is 21.7 Å². The van der Waals surface area contributed by atoms with Gasteiger partial charge in [0.15, 0.2) is 0 Å².